The van der Waals surface area contributed by atoms with E-state index in [0.29, 0.717) is 0 Å². The Bertz CT molecular complexity index is 514. The van der Waals surface area contributed by atoms with Crippen LogP contribution in [-0.4, -0.2) is 11.3 Å². The Kier molecular flexibility index (Phi) is 4.30. The molecule has 0 radical (unpaired) electrons. The van der Waals surface area contributed by atoms with Gasteiger partial charge >= 0.3 is 6.18 Å². The molecular formula is C17H25F3O. The van der Waals surface area contributed by atoms with Gasteiger partial charge in [0.05, 0.1) is 0 Å². The first-order chi connectivity index (χ1) is 9.08. The molecule has 0 aliphatic rings. The molecule has 1 unspecified atom stereocenters. The van der Waals surface area contributed by atoms with Crippen molar-refractivity contribution in [3.05, 3.63) is 34.9 Å². The third-order valence-corrected chi connectivity index (χ3v) is 3.75. The maximum Gasteiger partial charge on any atom is 0.421 e. The monoisotopic (exact) mass is 302 g/mol. The number of rotatable bonds is 1. The van der Waals surface area contributed by atoms with Crippen LogP contribution in [-0.2, 0) is 16.4 Å². The molecule has 1 N–H and O–H groups in total. The summed E-state index contributed by atoms with van der Waals surface area (Å²) >= 11 is 0. The highest BCUT2D eigenvalue weighted by molar-refractivity contribution is 5.42. The molecule has 1 rings (SSSR count). The summed E-state index contributed by atoms with van der Waals surface area (Å²) in [6.45, 7) is 12.8. The van der Waals surface area contributed by atoms with Gasteiger partial charge in [-0.1, -0.05) is 59.7 Å². The van der Waals surface area contributed by atoms with Crippen LogP contribution in [0, 0.1) is 0 Å². The second kappa shape index (κ2) is 5.01. The van der Waals surface area contributed by atoms with Gasteiger partial charge in [0.2, 0.25) is 0 Å². The van der Waals surface area contributed by atoms with Gasteiger partial charge in [-0.15, -0.1) is 0 Å². The van der Waals surface area contributed by atoms with Crippen molar-refractivity contribution < 1.29 is 18.3 Å². The van der Waals surface area contributed by atoms with Crippen LogP contribution in [0.3, 0.4) is 0 Å². The van der Waals surface area contributed by atoms with Crippen LogP contribution in [0.25, 0.3) is 0 Å². The lowest BCUT2D eigenvalue weighted by molar-refractivity contribution is -0.258. The molecule has 0 aromatic heterocycles. The van der Waals surface area contributed by atoms with Gasteiger partial charge in [0.15, 0.2) is 5.60 Å². The molecule has 1 aromatic carbocycles. The van der Waals surface area contributed by atoms with Crippen molar-refractivity contribution in [2.45, 2.75) is 71.1 Å². The minimum absolute atomic E-state index is 0.118. The highest BCUT2D eigenvalue weighted by Crippen LogP contribution is 2.42. The van der Waals surface area contributed by atoms with Crippen LogP contribution in [0.1, 0.15) is 65.2 Å². The fourth-order valence-electron chi connectivity index (χ4n) is 2.29. The van der Waals surface area contributed by atoms with Gasteiger partial charge in [0.1, 0.15) is 0 Å². The second-order valence-electron chi connectivity index (χ2n) is 7.83. The van der Waals surface area contributed by atoms with Gasteiger partial charge in [-0.05, 0) is 34.4 Å². The van der Waals surface area contributed by atoms with E-state index in [-0.39, 0.29) is 16.4 Å². The zero-order valence-corrected chi connectivity index (χ0v) is 13.8. The Hall–Kier alpha value is -1.03. The first-order valence-corrected chi connectivity index (χ1v) is 7.03. The SMILES string of the molecule is CC(C)(C)c1ccc(C(C)(O)C(F)(F)F)cc1C(C)(C)C. The smallest absolute Gasteiger partial charge is 0.376 e. The van der Waals surface area contributed by atoms with Crippen molar-refractivity contribution >= 4 is 0 Å². The van der Waals surface area contributed by atoms with Crippen molar-refractivity contribution in [3.63, 3.8) is 0 Å². The average Bonchev–Trinajstić information content (AvgIpc) is 2.24. The summed E-state index contributed by atoms with van der Waals surface area (Å²) in [5.41, 5.74) is -1.61. The van der Waals surface area contributed by atoms with E-state index in [1.54, 1.807) is 6.07 Å². The van der Waals surface area contributed by atoms with Gasteiger partial charge in [-0.3, -0.25) is 0 Å². The average molecular weight is 302 g/mol. The minimum Gasteiger partial charge on any atom is -0.376 e. The molecule has 120 valence electrons. The quantitative estimate of drug-likeness (QED) is 0.769. The molecule has 0 fully saturated rings. The van der Waals surface area contributed by atoms with Crippen LogP contribution < -0.4 is 0 Å². The Labute approximate surface area is 125 Å². The van der Waals surface area contributed by atoms with Gasteiger partial charge in [0.25, 0.3) is 0 Å². The van der Waals surface area contributed by atoms with Crippen LogP contribution in [0.2, 0.25) is 0 Å². The first-order valence-electron chi connectivity index (χ1n) is 7.03. The lowest BCUT2D eigenvalue weighted by atomic mass is 9.73. The number of hydrogen-bond donors (Lipinski definition) is 1. The van der Waals surface area contributed by atoms with E-state index in [9.17, 15) is 18.3 Å². The summed E-state index contributed by atoms with van der Waals surface area (Å²) in [4.78, 5) is 0. The molecule has 1 nitrogen and oxygen atoms in total. The van der Waals surface area contributed by atoms with Crippen LogP contribution in [0.5, 0.6) is 0 Å². The summed E-state index contributed by atoms with van der Waals surface area (Å²) in [5.74, 6) is 0. The summed E-state index contributed by atoms with van der Waals surface area (Å²) in [7, 11) is 0. The normalized spacial score (nSPS) is 16.7. The predicted octanol–water partition coefficient (Wildman–Crippen LogP) is 5.05. The number of alkyl halides is 3. The number of aliphatic hydroxyl groups is 1. The summed E-state index contributed by atoms with van der Waals surface area (Å²) < 4.78 is 39.1. The van der Waals surface area contributed by atoms with Crippen molar-refractivity contribution in [1.82, 2.24) is 0 Å². The third-order valence-electron chi connectivity index (χ3n) is 3.75. The molecule has 0 spiro atoms. The highest BCUT2D eigenvalue weighted by atomic mass is 19.4. The molecule has 0 aliphatic carbocycles. The molecular weight excluding hydrogens is 277 g/mol. The molecule has 21 heavy (non-hydrogen) atoms. The van der Waals surface area contributed by atoms with Gasteiger partial charge in [-0.2, -0.15) is 13.2 Å². The molecule has 0 amide bonds. The zero-order valence-electron chi connectivity index (χ0n) is 13.8. The molecule has 4 heteroatoms. The molecule has 1 atom stereocenters. The number of benzene rings is 1. The van der Waals surface area contributed by atoms with Crippen LogP contribution in [0.4, 0.5) is 13.2 Å². The molecule has 0 saturated heterocycles. The maximum absolute atomic E-state index is 13.0. The van der Waals surface area contributed by atoms with E-state index >= 15 is 0 Å². The van der Waals surface area contributed by atoms with Crippen molar-refractivity contribution in [3.8, 4) is 0 Å². The van der Waals surface area contributed by atoms with E-state index < -0.39 is 11.8 Å². The van der Waals surface area contributed by atoms with Gasteiger partial charge < -0.3 is 5.11 Å². The Morgan fingerprint density at radius 3 is 1.52 bits per heavy atom. The lowest BCUT2D eigenvalue weighted by Gasteiger charge is -2.33. The lowest BCUT2D eigenvalue weighted by Crippen LogP contribution is -2.39. The maximum atomic E-state index is 13.0. The van der Waals surface area contributed by atoms with Crippen LogP contribution in [0.15, 0.2) is 18.2 Å². The molecule has 0 bridgehead atoms. The fourth-order valence-corrected chi connectivity index (χ4v) is 2.29. The first kappa shape index (κ1) is 18.0. The zero-order chi connectivity index (χ0) is 16.9. The third kappa shape index (κ3) is 3.60. The number of hydrogen-bond acceptors (Lipinski definition) is 1. The second-order valence-corrected chi connectivity index (χ2v) is 7.83. The van der Waals surface area contributed by atoms with E-state index in [1.165, 1.54) is 12.1 Å². The van der Waals surface area contributed by atoms with Gasteiger partial charge in [0, 0.05) is 0 Å². The van der Waals surface area contributed by atoms with E-state index in [1.807, 2.05) is 41.5 Å². The van der Waals surface area contributed by atoms with Gasteiger partial charge in [-0.25, -0.2) is 0 Å². The molecule has 0 saturated carbocycles. The topological polar surface area (TPSA) is 20.2 Å². The number of halogens is 3. The molecule has 1 aromatic rings. The van der Waals surface area contributed by atoms with E-state index in [4.69, 9.17) is 0 Å². The van der Waals surface area contributed by atoms with E-state index in [0.717, 1.165) is 18.1 Å². The Balaban J connectivity index is 3.58. The van der Waals surface area contributed by atoms with E-state index in [2.05, 4.69) is 0 Å². The standard InChI is InChI=1S/C17H25F3O/c1-14(2,3)12-9-8-11(10-13(12)15(4,5)6)16(7,21)17(18,19)20/h8-10,21H,1-7H3. The minimum atomic E-state index is -4.70. The van der Waals surface area contributed by atoms with Crippen molar-refractivity contribution in [1.29, 1.82) is 0 Å². The fraction of sp³-hybridized carbons (Fsp3) is 0.647. The summed E-state index contributed by atoms with van der Waals surface area (Å²) in [5, 5.41) is 9.88. The highest BCUT2D eigenvalue weighted by Gasteiger charge is 2.51. The summed E-state index contributed by atoms with van der Waals surface area (Å²) in [6.07, 6.45) is -4.70. The Morgan fingerprint density at radius 2 is 1.19 bits per heavy atom. The Morgan fingerprint density at radius 1 is 0.762 bits per heavy atom. The largest absolute Gasteiger partial charge is 0.421 e. The molecule has 0 aliphatic heterocycles. The van der Waals surface area contributed by atoms with Crippen LogP contribution >= 0.6 is 0 Å². The molecule has 0 heterocycles. The summed E-state index contributed by atoms with van der Waals surface area (Å²) in [6, 6.07) is 4.58. The van der Waals surface area contributed by atoms with Crippen molar-refractivity contribution in [2.24, 2.45) is 0 Å². The predicted molar refractivity (Wildman–Crippen MR) is 79.5 cm³/mol. The van der Waals surface area contributed by atoms with Crippen molar-refractivity contribution in [2.75, 3.05) is 0 Å².